The molecule has 2 N–H and O–H groups in total. The minimum absolute atomic E-state index is 0.0168. The lowest BCUT2D eigenvalue weighted by molar-refractivity contribution is -0.0157. The number of para-hydroxylation sites is 1. The van der Waals surface area contributed by atoms with Crippen molar-refractivity contribution in [1.82, 2.24) is 5.32 Å². The van der Waals surface area contributed by atoms with E-state index in [1.807, 2.05) is 42.5 Å². The Labute approximate surface area is 148 Å². The topological polar surface area (TPSA) is 41.5 Å². The molecule has 3 nitrogen and oxygen atoms in total. The largest absolute Gasteiger partial charge is 0.488 e. The van der Waals surface area contributed by atoms with E-state index >= 15 is 0 Å². The number of benzene rings is 2. The van der Waals surface area contributed by atoms with Gasteiger partial charge in [-0.05, 0) is 55.5 Å². The summed E-state index contributed by atoms with van der Waals surface area (Å²) >= 11 is 6.29. The maximum absolute atomic E-state index is 10.7. The lowest BCUT2D eigenvalue weighted by Crippen LogP contribution is -2.51. The predicted octanol–water partition coefficient (Wildman–Crippen LogP) is 4.10. The minimum Gasteiger partial charge on any atom is -0.488 e. The Hall–Kier alpha value is -1.55. The van der Waals surface area contributed by atoms with Crippen molar-refractivity contribution in [3.8, 4) is 5.75 Å². The molecule has 1 aliphatic carbocycles. The van der Waals surface area contributed by atoms with Gasteiger partial charge in [0.1, 0.15) is 18.0 Å². The van der Waals surface area contributed by atoms with E-state index in [2.05, 4.69) is 18.3 Å². The van der Waals surface area contributed by atoms with Crippen LogP contribution in [0.15, 0.2) is 48.5 Å². The van der Waals surface area contributed by atoms with Gasteiger partial charge in [-0.25, -0.2) is 0 Å². The van der Waals surface area contributed by atoms with Crippen LogP contribution in [0.1, 0.15) is 30.4 Å². The Morgan fingerprint density at radius 1 is 1.12 bits per heavy atom. The van der Waals surface area contributed by atoms with Crippen LogP contribution < -0.4 is 10.1 Å². The number of aliphatic hydroxyl groups is 1. The summed E-state index contributed by atoms with van der Waals surface area (Å²) in [5.41, 5.74) is 2.26. The number of nitrogens with one attached hydrogen (secondary N) is 1. The number of aliphatic hydroxyl groups excluding tert-OH is 1. The van der Waals surface area contributed by atoms with E-state index in [1.54, 1.807) is 0 Å². The highest BCUT2D eigenvalue weighted by atomic mass is 35.5. The highest BCUT2D eigenvalue weighted by Crippen LogP contribution is 2.25. The number of halogens is 1. The number of ether oxygens (including phenoxy) is 1. The predicted molar refractivity (Wildman–Crippen MR) is 97.5 cm³/mol. The summed E-state index contributed by atoms with van der Waals surface area (Å²) < 4.78 is 5.98. The smallest absolute Gasteiger partial charge is 0.126 e. The zero-order chi connectivity index (χ0) is 16.9. The highest BCUT2D eigenvalue weighted by molar-refractivity contribution is 6.31. The summed E-state index contributed by atoms with van der Waals surface area (Å²) in [5.74, 6) is 0.809. The van der Waals surface area contributed by atoms with Gasteiger partial charge in [0.05, 0.1) is 0 Å². The molecule has 2 aromatic carbocycles. The Morgan fingerprint density at radius 2 is 1.92 bits per heavy atom. The molecule has 128 valence electrons. The Bertz CT molecular complexity index is 642. The third-order valence-corrected chi connectivity index (χ3v) is 5.08. The molecule has 2 aromatic rings. The molecule has 24 heavy (non-hydrogen) atoms. The standard InChI is InChI=1S/C20H24ClNO2/c1-14-7-5-10-17(21)16(14)13-22-18-11-6-12-19(20(18)23)24-15-8-3-2-4-9-15/h2-5,7-10,18-20,22-23H,6,11-13H2,1H3/t18-,19+,20+/m0/s1. The fraction of sp³-hybridized carbons (Fsp3) is 0.400. The first-order chi connectivity index (χ1) is 11.6. The van der Waals surface area contributed by atoms with E-state index in [4.69, 9.17) is 16.3 Å². The molecule has 3 rings (SSSR count). The van der Waals surface area contributed by atoms with E-state index in [0.717, 1.165) is 41.2 Å². The summed E-state index contributed by atoms with van der Waals surface area (Å²) in [6.45, 7) is 2.72. The van der Waals surface area contributed by atoms with Crippen LogP contribution >= 0.6 is 11.6 Å². The molecule has 4 heteroatoms. The minimum atomic E-state index is -0.526. The summed E-state index contributed by atoms with van der Waals surface area (Å²) in [6, 6.07) is 15.6. The maximum atomic E-state index is 10.7. The molecule has 0 bridgehead atoms. The van der Waals surface area contributed by atoms with Gasteiger partial charge in [-0.2, -0.15) is 0 Å². The molecule has 0 unspecified atom stereocenters. The van der Waals surface area contributed by atoms with Gasteiger partial charge in [0.25, 0.3) is 0 Å². The van der Waals surface area contributed by atoms with Crippen LogP contribution in [0, 0.1) is 6.92 Å². The monoisotopic (exact) mass is 345 g/mol. The third kappa shape index (κ3) is 4.10. The van der Waals surface area contributed by atoms with Crippen LogP contribution in [-0.4, -0.2) is 23.4 Å². The molecular formula is C20H24ClNO2. The number of rotatable bonds is 5. The average Bonchev–Trinajstić information content (AvgIpc) is 2.58. The summed E-state index contributed by atoms with van der Waals surface area (Å²) in [6.07, 6.45) is 2.15. The van der Waals surface area contributed by atoms with Crippen molar-refractivity contribution in [3.63, 3.8) is 0 Å². The second kappa shape index (κ2) is 8.02. The van der Waals surface area contributed by atoms with Crippen LogP contribution in [0.2, 0.25) is 5.02 Å². The molecule has 1 fully saturated rings. The Balaban J connectivity index is 1.62. The lowest BCUT2D eigenvalue weighted by atomic mass is 9.89. The molecule has 0 spiro atoms. The number of hydrogen-bond acceptors (Lipinski definition) is 3. The van der Waals surface area contributed by atoms with Gasteiger partial charge in [0.15, 0.2) is 0 Å². The van der Waals surface area contributed by atoms with E-state index in [1.165, 1.54) is 0 Å². The molecule has 0 saturated heterocycles. The van der Waals surface area contributed by atoms with Crippen molar-refractivity contribution >= 4 is 11.6 Å². The van der Waals surface area contributed by atoms with Crippen molar-refractivity contribution in [1.29, 1.82) is 0 Å². The zero-order valence-electron chi connectivity index (χ0n) is 13.9. The molecule has 0 heterocycles. The molecule has 1 saturated carbocycles. The fourth-order valence-electron chi connectivity index (χ4n) is 3.29. The number of aryl methyl sites for hydroxylation is 1. The second-order valence-corrected chi connectivity index (χ2v) is 6.82. The third-order valence-electron chi connectivity index (χ3n) is 4.72. The average molecular weight is 346 g/mol. The van der Waals surface area contributed by atoms with Crippen molar-refractivity contribution in [2.45, 2.75) is 51.0 Å². The van der Waals surface area contributed by atoms with Crippen LogP contribution in [0.3, 0.4) is 0 Å². The van der Waals surface area contributed by atoms with E-state index in [0.29, 0.717) is 6.54 Å². The summed E-state index contributed by atoms with van der Waals surface area (Å²) in [5, 5.41) is 14.9. The van der Waals surface area contributed by atoms with E-state index in [-0.39, 0.29) is 12.1 Å². The van der Waals surface area contributed by atoms with Crippen LogP contribution in [-0.2, 0) is 6.54 Å². The van der Waals surface area contributed by atoms with E-state index < -0.39 is 6.10 Å². The normalized spacial score (nSPS) is 23.9. The zero-order valence-corrected chi connectivity index (χ0v) is 14.7. The van der Waals surface area contributed by atoms with Gasteiger partial charge in [0.2, 0.25) is 0 Å². The van der Waals surface area contributed by atoms with Crippen LogP contribution in [0.4, 0.5) is 0 Å². The van der Waals surface area contributed by atoms with E-state index in [9.17, 15) is 5.11 Å². The molecule has 0 amide bonds. The van der Waals surface area contributed by atoms with Gasteiger partial charge in [-0.1, -0.05) is 41.9 Å². The number of hydrogen-bond donors (Lipinski definition) is 2. The Morgan fingerprint density at radius 3 is 2.67 bits per heavy atom. The Kier molecular flexibility index (Phi) is 5.77. The molecule has 3 atom stereocenters. The van der Waals surface area contributed by atoms with Crippen molar-refractivity contribution in [3.05, 3.63) is 64.7 Å². The van der Waals surface area contributed by atoms with Crippen molar-refractivity contribution in [2.24, 2.45) is 0 Å². The van der Waals surface area contributed by atoms with Crippen molar-refractivity contribution < 1.29 is 9.84 Å². The first-order valence-electron chi connectivity index (χ1n) is 8.52. The van der Waals surface area contributed by atoms with Gasteiger partial charge in [-0.15, -0.1) is 0 Å². The first-order valence-corrected chi connectivity index (χ1v) is 8.90. The van der Waals surface area contributed by atoms with Gasteiger partial charge >= 0.3 is 0 Å². The highest BCUT2D eigenvalue weighted by Gasteiger charge is 2.33. The summed E-state index contributed by atoms with van der Waals surface area (Å²) in [7, 11) is 0. The molecule has 0 aromatic heterocycles. The first kappa shape index (κ1) is 17.3. The van der Waals surface area contributed by atoms with Gasteiger partial charge < -0.3 is 15.2 Å². The lowest BCUT2D eigenvalue weighted by Gasteiger charge is -2.35. The SMILES string of the molecule is Cc1cccc(Cl)c1CN[C@H]1CCC[C@@H](Oc2ccccc2)[C@@H]1O. The van der Waals surface area contributed by atoms with Crippen molar-refractivity contribution in [2.75, 3.05) is 0 Å². The van der Waals surface area contributed by atoms with Gasteiger partial charge in [-0.3, -0.25) is 0 Å². The maximum Gasteiger partial charge on any atom is 0.126 e. The van der Waals surface area contributed by atoms with Gasteiger partial charge in [0, 0.05) is 17.6 Å². The fourth-order valence-corrected chi connectivity index (χ4v) is 3.58. The summed E-state index contributed by atoms with van der Waals surface area (Å²) in [4.78, 5) is 0. The quantitative estimate of drug-likeness (QED) is 0.857. The van der Waals surface area contributed by atoms with Crippen LogP contribution in [0.5, 0.6) is 5.75 Å². The molecule has 0 radical (unpaired) electrons. The molecule has 0 aliphatic heterocycles. The molecular weight excluding hydrogens is 322 g/mol. The second-order valence-electron chi connectivity index (χ2n) is 6.41. The van der Waals surface area contributed by atoms with Crippen LogP contribution in [0.25, 0.3) is 0 Å². The molecule has 1 aliphatic rings.